The first-order chi connectivity index (χ1) is 43.6. The molecular formula is C66H78N6O18Tc+6. The number of hydrogen-bond donors (Lipinski definition) is 0. The van der Waals surface area contributed by atoms with Gasteiger partial charge in [0.15, 0.2) is 69.0 Å². The Morgan fingerprint density at radius 2 is 0.275 bits per heavy atom. The molecular weight excluding hydrogens is 1260 g/mol. The summed E-state index contributed by atoms with van der Waals surface area (Å²) in [5, 5.41) is 0. The number of methoxy groups -OCH3 is 18. The summed E-state index contributed by atoms with van der Waals surface area (Å²) in [7, 11) is 28.0. The van der Waals surface area contributed by atoms with Crippen molar-refractivity contribution in [1.29, 1.82) is 0 Å². The van der Waals surface area contributed by atoms with Crippen LogP contribution in [0.4, 0.5) is 0 Å². The fourth-order valence-corrected chi connectivity index (χ4v) is 7.91. The number of rotatable bonds is 24. The largest absolute Gasteiger partial charge is 6.00 e. The van der Waals surface area contributed by atoms with E-state index < -0.39 is 0 Å². The van der Waals surface area contributed by atoms with Crippen LogP contribution in [0.5, 0.6) is 103 Å². The van der Waals surface area contributed by atoms with Crippen LogP contribution in [0.2, 0.25) is 0 Å². The number of nitrogens with zero attached hydrogens (tertiary/aromatic N) is 6. The number of benzene rings is 6. The van der Waals surface area contributed by atoms with Gasteiger partial charge in [-0.25, -0.2) is 39.4 Å². The SMILES string of the molecule is [C-]#[N+]Cc1cc(OC)c(OC)c(OC)c1.[C-]#[N+]Cc1cc(OC)c(OC)c(OC)c1.[C-]#[N+]Cc1cc(OC)c(OC)c(OC)c1.[C-]#[N+]Cc1cc(OC)c(OC)c(OC)c1.[C-]#[N+]Cc1cc(OC)c(OC)c(OC)c1.[C-]#[N+]Cc1cc(OC)c(OC)c(OC)c1.[Tc+6]. The van der Waals surface area contributed by atoms with Gasteiger partial charge < -0.3 is 114 Å². The quantitative estimate of drug-likeness (QED) is 0.0519. The molecule has 1 radical (unpaired) electrons. The van der Waals surface area contributed by atoms with Gasteiger partial charge in [0.25, 0.3) is 0 Å². The molecule has 91 heavy (non-hydrogen) atoms. The first-order valence-corrected chi connectivity index (χ1v) is 26.3. The van der Waals surface area contributed by atoms with Gasteiger partial charge in [-0.3, -0.25) is 0 Å². The molecule has 0 aliphatic heterocycles. The minimum absolute atomic E-state index is 0. The smallest absolute Gasteiger partial charge is 0.493 e. The van der Waals surface area contributed by atoms with Crippen molar-refractivity contribution in [2.75, 3.05) is 128 Å². The molecule has 25 heteroatoms. The van der Waals surface area contributed by atoms with Crippen LogP contribution in [0.25, 0.3) is 29.1 Å². The van der Waals surface area contributed by atoms with E-state index in [0.717, 1.165) is 33.4 Å². The minimum atomic E-state index is 0. The Kier molecular flexibility index (Phi) is 40.2. The Balaban J connectivity index is 0.00000107. The van der Waals surface area contributed by atoms with Gasteiger partial charge in [0, 0.05) is 33.4 Å². The summed E-state index contributed by atoms with van der Waals surface area (Å²) in [4.78, 5) is 19.9. The van der Waals surface area contributed by atoms with Crippen molar-refractivity contribution in [2.24, 2.45) is 0 Å². The molecule has 0 fully saturated rings. The monoisotopic (exact) mass is 1340 g/mol. The average molecular weight is 1340 g/mol. The predicted molar refractivity (Wildman–Crippen MR) is 338 cm³/mol. The third-order valence-electron chi connectivity index (χ3n) is 11.9. The molecule has 0 saturated heterocycles. The van der Waals surface area contributed by atoms with E-state index in [4.69, 9.17) is 125 Å². The summed E-state index contributed by atoms with van der Waals surface area (Å²) >= 11 is 0. The molecule has 6 rings (SSSR count). The first-order valence-electron chi connectivity index (χ1n) is 26.3. The average Bonchev–Trinajstić information content (AvgIpc) is 2.78. The maximum Gasteiger partial charge on any atom is 6.00 e. The normalized spacial score (nSPS) is 9.10. The van der Waals surface area contributed by atoms with E-state index in [1.807, 2.05) is 0 Å². The minimum Gasteiger partial charge on any atom is -0.493 e. The second-order valence-electron chi connectivity index (χ2n) is 17.1. The topological polar surface area (TPSA) is 192 Å². The molecule has 0 atom stereocenters. The predicted octanol–water partition coefficient (Wildman–Crippen LogP) is 12.8. The van der Waals surface area contributed by atoms with Gasteiger partial charge in [-0.1, -0.05) is 0 Å². The molecule has 0 spiro atoms. The van der Waals surface area contributed by atoms with Gasteiger partial charge in [-0.2, -0.15) is 0 Å². The molecule has 0 N–H and O–H groups in total. The second-order valence-corrected chi connectivity index (χ2v) is 17.1. The molecule has 481 valence electrons. The van der Waals surface area contributed by atoms with Crippen molar-refractivity contribution >= 4 is 0 Å². The Morgan fingerprint density at radius 1 is 0.187 bits per heavy atom. The molecule has 0 amide bonds. The van der Waals surface area contributed by atoms with Crippen molar-refractivity contribution < 1.29 is 105 Å². The van der Waals surface area contributed by atoms with Gasteiger partial charge in [0.1, 0.15) is 0 Å². The van der Waals surface area contributed by atoms with Gasteiger partial charge >= 0.3 is 20.1 Å². The maximum absolute atomic E-state index is 6.81. The van der Waals surface area contributed by atoms with Crippen LogP contribution in [0, 0.1) is 39.4 Å². The van der Waals surface area contributed by atoms with Crippen LogP contribution in [-0.2, 0) is 59.4 Å². The van der Waals surface area contributed by atoms with Crippen LogP contribution in [0.1, 0.15) is 33.4 Å². The molecule has 0 aromatic heterocycles. The maximum atomic E-state index is 6.81. The van der Waals surface area contributed by atoms with Gasteiger partial charge in [-0.15, -0.1) is 0 Å². The summed E-state index contributed by atoms with van der Waals surface area (Å²) in [5.74, 6) is 10.2. The van der Waals surface area contributed by atoms with Crippen molar-refractivity contribution in [3.63, 3.8) is 0 Å². The van der Waals surface area contributed by atoms with E-state index in [-0.39, 0.29) is 20.1 Å². The standard InChI is InChI=1S/6C11H13NO3.Tc/c6*1-12-7-8-5-9(13-2)11(15-4)10(6-8)14-3;/h6*5-6H,7H2,2-4H3;/q;;;;;;+6. The Hall–Kier alpha value is -10.7. The summed E-state index contributed by atoms with van der Waals surface area (Å²) in [6.07, 6.45) is 0. The van der Waals surface area contributed by atoms with E-state index in [0.29, 0.717) is 143 Å². The van der Waals surface area contributed by atoms with Crippen molar-refractivity contribution in [1.82, 2.24) is 0 Å². The molecule has 0 unspecified atom stereocenters. The van der Waals surface area contributed by atoms with Crippen molar-refractivity contribution in [3.05, 3.63) is 175 Å². The van der Waals surface area contributed by atoms with E-state index >= 15 is 0 Å². The fourth-order valence-electron chi connectivity index (χ4n) is 7.91. The Bertz CT molecular complexity index is 2730. The van der Waals surface area contributed by atoms with Crippen molar-refractivity contribution in [3.8, 4) is 103 Å². The molecule has 0 aliphatic carbocycles. The summed E-state index contributed by atoms with van der Waals surface area (Å²) in [6.45, 7) is 42.6. The van der Waals surface area contributed by atoms with Gasteiger partial charge in [0.2, 0.25) is 73.8 Å². The molecule has 0 aliphatic rings. The molecule has 0 saturated carbocycles. The Labute approximate surface area is 548 Å². The second kappa shape index (κ2) is 45.6. The van der Waals surface area contributed by atoms with Crippen LogP contribution < -0.4 is 85.3 Å². The third kappa shape index (κ3) is 24.4. The molecule has 0 bridgehead atoms. The number of hydrogen-bond acceptors (Lipinski definition) is 18. The van der Waals surface area contributed by atoms with Crippen molar-refractivity contribution in [2.45, 2.75) is 39.3 Å². The van der Waals surface area contributed by atoms with Crippen LogP contribution in [-0.4, -0.2) is 128 Å². The summed E-state index contributed by atoms with van der Waals surface area (Å²) in [5.41, 5.74) is 5.08. The molecule has 6 aromatic carbocycles. The zero-order valence-corrected chi connectivity index (χ0v) is 56.4. The van der Waals surface area contributed by atoms with E-state index in [1.54, 1.807) is 201 Å². The number of ether oxygens (including phenoxy) is 18. The van der Waals surface area contributed by atoms with Gasteiger partial charge in [0.05, 0.1) is 128 Å². The molecule has 24 nitrogen and oxygen atoms in total. The summed E-state index contributed by atoms with van der Waals surface area (Å²) < 4.78 is 92.9. The molecule has 0 heterocycles. The fraction of sp³-hybridized carbons (Fsp3) is 0.364. The van der Waals surface area contributed by atoms with E-state index in [9.17, 15) is 0 Å². The Morgan fingerprint density at radius 3 is 0.330 bits per heavy atom. The first kappa shape index (κ1) is 80.3. The van der Waals surface area contributed by atoms with E-state index in [2.05, 4.69) is 29.1 Å². The van der Waals surface area contributed by atoms with Crippen LogP contribution in [0.3, 0.4) is 0 Å². The third-order valence-corrected chi connectivity index (χ3v) is 11.9. The zero-order chi connectivity index (χ0) is 67.6. The van der Waals surface area contributed by atoms with Gasteiger partial charge in [-0.05, 0) is 72.8 Å². The zero-order valence-electron chi connectivity index (χ0n) is 54.6. The molecule has 6 aromatic rings. The van der Waals surface area contributed by atoms with Crippen LogP contribution in [0.15, 0.2) is 72.8 Å². The van der Waals surface area contributed by atoms with Crippen LogP contribution >= 0.6 is 0 Å². The summed E-state index contributed by atoms with van der Waals surface area (Å²) in [6, 6.07) is 21.3. The van der Waals surface area contributed by atoms with E-state index in [1.165, 1.54) is 0 Å².